The van der Waals surface area contributed by atoms with E-state index in [2.05, 4.69) is 10.2 Å². The summed E-state index contributed by atoms with van der Waals surface area (Å²) in [6, 6.07) is 5.89. The van der Waals surface area contributed by atoms with Crippen LogP contribution in [-0.2, 0) is 4.79 Å². The van der Waals surface area contributed by atoms with Gasteiger partial charge in [-0.05, 0) is 45.0 Å². The first-order valence-electron chi connectivity index (χ1n) is 7.16. The Hall–Kier alpha value is -2.09. The predicted octanol–water partition coefficient (Wildman–Crippen LogP) is 2.72. The van der Waals surface area contributed by atoms with Gasteiger partial charge in [-0.1, -0.05) is 11.8 Å². The number of amides is 1. The van der Waals surface area contributed by atoms with E-state index in [0.29, 0.717) is 16.7 Å². The number of nitrogens with zero attached hydrogens (tertiary/aromatic N) is 3. The molecule has 2 N–H and O–H groups in total. The molecule has 124 valence electrons. The van der Waals surface area contributed by atoms with Gasteiger partial charge in [0.05, 0.1) is 5.75 Å². The topological polar surface area (TPSA) is 83.0 Å². The van der Waals surface area contributed by atoms with Crippen molar-refractivity contribution < 1.29 is 13.9 Å². The first-order chi connectivity index (χ1) is 10.9. The molecule has 0 aliphatic rings. The molecule has 1 atom stereocenters. The molecule has 1 amide bonds. The van der Waals surface area contributed by atoms with Crippen molar-refractivity contribution in [3.8, 4) is 5.75 Å². The number of primary amides is 1. The molecule has 2 aromatic rings. The number of thioether (sulfide) groups is 1. The molecule has 1 aromatic heterocycles. The summed E-state index contributed by atoms with van der Waals surface area (Å²) in [6.07, 6.45) is -0.377. The van der Waals surface area contributed by atoms with Gasteiger partial charge in [0.2, 0.25) is 5.91 Å². The Labute approximate surface area is 138 Å². The molecule has 0 spiro atoms. The third kappa shape index (κ3) is 4.44. The lowest BCUT2D eigenvalue weighted by Crippen LogP contribution is -2.16. The van der Waals surface area contributed by atoms with E-state index in [1.54, 1.807) is 12.1 Å². The van der Waals surface area contributed by atoms with Crippen LogP contribution in [0.2, 0.25) is 0 Å². The molecule has 0 fully saturated rings. The first kappa shape index (κ1) is 17.3. The summed E-state index contributed by atoms with van der Waals surface area (Å²) in [5.74, 6) is 0.587. The van der Waals surface area contributed by atoms with E-state index in [1.807, 2.05) is 25.3 Å². The molecule has 6 nitrogen and oxygen atoms in total. The van der Waals surface area contributed by atoms with Crippen molar-refractivity contribution >= 4 is 17.7 Å². The van der Waals surface area contributed by atoms with Crippen LogP contribution in [0.15, 0.2) is 29.4 Å². The largest absolute Gasteiger partial charge is 0.483 e. The SMILES string of the molecule is CC(Oc1ccc(F)cc1)c1nnc(SCC(N)=O)n1C(C)C. The molecule has 1 aromatic carbocycles. The van der Waals surface area contributed by atoms with Crippen LogP contribution in [-0.4, -0.2) is 26.4 Å². The summed E-state index contributed by atoms with van der Waals surface area (Å²) < 4.78 is 20.6. The third-order valence-corrected chi connectivity index (χ3v) is 4.01. The van der Waals surface area contributed by atoms with Crippen molar-refractivity contribution in [2.75, 3.05) is 5.75 Å². The van der Waals surface area contributed by atoms with E-state index in [-0.39, 0.29) is 23.7 Å². The van der Waals surface area contributed by atoms with Crippen molar-refractivity contribution in [3.05, 3.63) is 35.9 Å². The summed E-state index contributed by atoms with van der Waals surface area (Å²) in [6.45, 7) is 5.83. The standard InChI is InChI=1S/C15H19FN4O2S/c1-9(2)20-14(18-19-15(20)23-8-13(17)21)10(3)22-12-6-4-11(16)5-7-12/h4-7,9-10H,8H2,1-3H3,(H2,17,21). The molecule has 0 radical (unpaired) electrons. The van der Waals surface area contributed by atoms with E-state index in [0.717, 1.165) is 0 Å². The van der Waals surface area contributed by atoms with Gasteiger partial charge in [0.25, 0.3) is 0 Å². The van der Waals surface area contributed by atoms with E-state index in [9.17, 15) is 9.18 Å². The lowest BCUT2D eigenvalue weighted by Gasteiger charge is -2.18. The predicted molar refractivity (Wildman–Crippen MR) is 85.8 cm³/mol. The maximum Gasteiger partial charge on any atom is 0.227 e. The van der Waals surface area contributed by atoms with Gasteiger partial charge in [-0.3, -0.25) is 4.79 Å². The van der Waals surface area contributed by atoms with E-state index >= 15 is 0 Å². The van der Waals surface area contributed by atoms with Gasteiger partial charge in [-0.2, -0.15) is 0 Å². The highest BCUT2D eigenvalue weighted by atomic mass is 32.2. The van der Waals surface area contributed by atoms with Crippen LogP contribution >= 0.6 is 11.8 Å². The van der Waals surface area contributed by atoms with E-state index in [4.69, 9.17) is 10.5 Å². The monoisotopic (exact) mass is 338 g/mol. The lowest BCUT2D eigenvalue weighted by atomic mass is 10.3. The molecule has 0 saturated carbocycles. The highest BCUT2D eigenvalue weighted by Gasteiger charge is 2.21. The number of benzene rings is 1. The highest BCUT2D eigenvalue weighted by Crippen LogP contribution is 2.27. The highest BCUT2D eigenvalue weighted by molar-refractivity contribution is 7.99. The second-order valence-corrected chi connectivity index (χ2v) is 6.22. The van der Waals surface area contributed by atoms with Gasteiger partial charge in [0, 0.05) is 6.04 Å². The van der Waals surface area contributed by atoms with Crippen LogP contribution in [0.1, 0.15) is 38.7 Å². The second kappa shape index (κ2) is 7.45. The van der Waals surface area contributed by atoms with Crippen LogP contribution in [0.5, 0.6) is 5.75 Å². The molecule has 2 rings (SSSR count). The average Bonchev–Trinajstić information content (AvgIpc) is 2.91. The molecular formula is C15H19FN4O2S. The van der Waals surface area contributed by atoms with Crippen molar-refractivity contribution in [1.29, 1.82) is 0 Å². The Bertz CT molecular complexity index is 673. The number of carbonyl (C=O) groups is 1. The van der Waals surface area contributed by atoms with Gasteiger partial charge < -0.3 is 15.0 Å². The Kier molecular flexibility index (Phi) is 5.59. The summed E-state index contributed by atoms with van der Waals surface area (Å²) in [5.41, 5.74) is 5.17. The fourth-order valence-corrected chi connectivity index (χ4v) is 2.87. The molecule has 1 heterocycles. The Morgan fingerprint density at radius 2 is 1.96 bits per heavy atom. The fraction of sp³-hybridized carbons (Fsp3) is 0.400. The molecule has 0 aliphatic carbocycles. The van der Waals surface area contributed by atoms with Crippen LogP contribution in [0.25, 0.3) is 0 Å². The number of aromatic nitrogens is 3. The Morgan fingerprint density at radius 1 is 1.30 bits per heavy atom. The quantitative estimate of drug-likeness (QED) is 0.785. The van der Waals surface area contributed by atoms with Crippen LogP contribution < -0.4 is 10.5 Å². The lowest BCUT2D eigenvalue weighted by molar-refractivity contribution is -0.115. The van der Waals surface area contributed by atoms with Gasteiger partial charge in [0.1, 0.15) is 11.6 Å². The molecule has 8 heteroatoms. The number of carbonyl (C=O) groups excluding carboxylic acids is 1. The van der Waals surface area contributed by atoms with Crippen molar-refractivity contribution in [1.82, 2.24) is 14.8 Å². The first-order valence-corrected chi connectivity index (χ1v) is 8.15. The molecule has 1 unspecified atom stereocenters. The van der Waals surface area contributed by atoms with Crippen molar-refractivity contribution in [3.63, 3.8) is 0 Å². The number of hydrogen-bond acceptors (Lipinski definition) is 5. The zero-order chi connectivity index (χ0) is 17.0. The fourth-order valence-electron chi connectivity index (χ4n) is 2.06. The summed E-state index contributed by atoms with van der Waals surface area (Å²) >= 11 is 1.24. The number of ether oxygens (including phenoxy) is 1. The molecular weight excluding hydrogens is 319 g/mol. The summed E-state index contributed by atoms with van der Waals surface area (Å²) in [7, 11) is 0. The Morgan fingerprint density at radius 3 is 2.52 bits per heavy atom. The molecule has 0 aliphatic heterocycles. The molecule has 0 bridgehead atoms. The smallest absolute Gasteiger partial charge is 0.227 e. The van der Waals surface area contributed by atoms with Gasteiger partial charge >= 0.3 is 0 Å². The molecule has 0 saturated heterocycles. The van der Waals surface area contributed by atoms with Crippen LogP contribution in [0, 0.1) is 5.82 Å². The maximum absolute atomic E-state index is 12.9. The van der Waals surface area contributed by atoms with E-state index < -0.39 is 5.91 Å². The maximum atomic E-state index is 12.9. The number of rotatable bonds is 7. The average molecular weight is 338 g/mol. The normalized spacial score (nSPS) is 12.4. The minimum atomic E-state index is -0.412. The second-order valence-electron chi connectivity index (χ2n) is 5.27. The van der Waals surface area contributed by atoms with Gasteiger partial charge in [-0.25, -0.2) is 4.39 Å². The number of nitrogens with two attached hydrogens (primary N) is 1. The molecule has 23 heavy (non-hydrogen) atoms. The Balaban J connectivity index is 2.20. The van der Waals surface area contributed by atoms with Crippen molar-refractivity contribution in [2.24, 2.45) is 5.73 Å². The number of halogens is 1. The van der Waals surface area contributed by atoms with E-state index in [1.165, 1.54) is 23.9 Å². The van der Waals surface area contributed by atoms with Crippen LogP contribution in [0.3, 0.4) is 0 Å². The third-order valence-electron chi connectivity index (χ3n) is 3.04. The van der Waals surface area contributed by atoms with Crippen LogP contribution in [0.4, 0.5) is 4.39 Å². The van der Waals surface area contributed by atoms with Gasteiger partial charge in [-0.15, -0.1) is 10.2 Å². The van der Waals surface area contributed by atoms with Crippen molar-refractivity contribution in [2.45, 2.75) is 38.1 Å². The minimum absolute atomic E-state index is 0.0923. The van der Waals surface area contributed by atoms with Gasteiger partial charge in [0.15, 0.2) is 17.1 Å². The number of hydrogen-bond donors (Lipinski definition) is 1. The summed E-state index contributed by atoms with van der Waals surface area (Å²) in [5, 5.41) is 8.90. The summed E-state index contributed by atoms with van der Waals surface area (Å²) in [4.78, 5) is 11.0. The minimum Gasteiger partial charge on any atom is -0.483 e. The zero-order valence-corrected chi connectivity index (χ0v) is 14.0. The zero-order valence-electron chi connectivity index (χ0n) is 13.2.